The molecule has 0 atom stereocenters. The van der Waals surface area contributed by atoms with Gasteiger partial charge in [0.15, 0.2) is 0 Å². The van der Waals surface area contributed by atoms with Crippen LogP contribution in [0.15, 0.2) is 0 Å². The Morgan fingerprint density at radius 3 is 1.17 bits per heavy atom. The molecule has 33 valence electrons. The largest absolute Gasteiger partial charge is 0.0696 e. The van der Waals surface area contributed by atoms with Crippen molar-refractivity contribution in [1.82, 2.24) is 0 Å². The zero-order valence-electron chi connectivity index (χ0n) is 4.91. The Bertz CT molecular complexity index is 23.0. The van der Waals surface area contributed by atoms with Gasteiger partial charge in [-0.05, 0) is 0 Å². The van der Waals surface area contributed by atoms with Crippen LogP contribution in [-0.4, -0.2) is 8.07 Å². The van der Waals surface area contributed by atoms with Gasteiger partial charge in [-0.2, -0.15) is 0 Å². The van der Waals surface area contributed by atoms with E-state index < -0.39 is 8.07 Å². The van der Waals surface area contributed by atoms with E-state index in [0.29, 0.717) is 0 Å². The molecule has 0 N–H and O–H groups in total. The van der Waals surface area contributed by atoms with Gasteiger partial charge in [0.25, 0.3) is 0 Å². The third-order valence-electron chi connectivity index (χ3n) is 0. The first-order chi connectivity index (χ1) is 2.00. The van der Waals surface area contributed by atoms with E-state index in [1.807, 2.05) is 0 Å². The smallest absolute Gasteiger partial charge is 0.0439 e. The summed E-state index contributed by atoms with van der Waals surface area (Å²) in [5, 5.41) is 0. The second kappa shape index (κ2) is 2.92. The minimum Gasteiger partial charge on any atom is -0.0696 e. The van der Waals surface area contributed by atoms with E-state index in [0.717, 1.165) is 0 Å². The molecule has 0 aromatic rings. The summed E-state index contributed by atoms with van der Waals surface area (Å²) in [7, 11) is -0.861. The predicted molar refractivity (Wildman–Crippen MR) is 28.7 cm³/mol. The molecule has 0 unspecified atom stereocenters. The van der Waals surface area contributed by atoms with Gasteiger partial charge in [-0.15, -0.1) is 0 Å². The Labute approximate surface area is 54.1 Å². The van der Waals surface area contributed by atoms with Crippen LogP contribution in [0.5, 0.6) is 0 Å². The van der Waals surface area contributed by atoms with E-state index in [4.69, 9.17) is 0 Å². The summed E-state index contributed by atoms with van der Waals surface area (Å²) in [5.41, 5.74) is 0. The van der Waals surface area contributed by atoms with Crippen molar-refractivity contribution in [3.05, 3.63) is 6.55 Å². The van der Waals surface area contributed by atoms with Crippen LogP contribution in [0, 0.1) is 6.55 Å². The molecule has 2 heteroatoms. The Morgan fingerprint density at radius 2 is 1.17 bits per heavy atom. The van der Waals surface area contributed by atoms with Crippen molar-refractivity contribution < 1.29 is 19.5 Å². The summed E-state index contributed by atoms with van der Waals surface area (Å²) in [5.74, 6) is 0. The molecule has 0 amide bonds. The molecule has 0 fully saturated rings. The zero-order valence-corrected chi connectivity index (χ0v) is 8.88. The second-order valence-electron chi connectivity index (χ2n) is 2.56. The molecule has 0 saturated heterocycles. The topological polar surface area (TPSA) is 0 Å². The quantitative estimate of drug-likeness (QED) is 0.464. The van der Waals surface area contributed by atoms with E-state index >= 15 is 0 Å². The van der Waals surface area contributed by atoms with Crippen molar-refractivity contribution in [3.8, 4) is 0 Å². The molecule has 0 nitrogen and oxygen atoms in total. The molecule has 0 bridgehead atoms. The van der Waals surface area contributed by atoms with Crippen LogP contribution in [0.25, 0.3) is 0 Å². The van der Waals surface area contributed by atoms with Gasteiger partial charge in [0.1, 0.15) is 0 Å². The van der Waals surface area contributed by atoms with Crippen molar-refractivity contribution in [1.29, 1.82) is 0 Å². The SMILES string of the molecule is [CH2][Si](C)(C)C.[Zn]. The molecule has 0 rings (SSSR count). The van der Waals surface area contributed by atoms with Crippen LogP contribution in [0.1, 0.15) is 0 Å². The van der Waals surface area contributed by atoms with Gasteiger partial charge in [-0.1, -0.05) is 26.2 Å². The zero-order chi connectivity index (χ0) is 4.50. The van der Waals surface area contributed by atoms with Crippen LogP contribution in [-0.2, 0) is 19.5 Å². The molecular weight excluding hydrogens is 142 g/mol. The molecule has 0 aromatic carbocycles. The molecular formula is C4H11SiZn. The third kappa shape index (κ3) is 101. The van der Waals surface area contributed by atoms with E-state index in [1.54, 1.807) is 0 Å². The third-order valence-corrected chi connectivity index (χ3v) is 0. The summed E-state index contributed by atoms with van der Waals surface area (Å²) in [4.78, 5) is 0. The minimum atomic E-state index is -0.861. The van der Waals surface area contributed by atoms with Gasteiger partial charge in [-0.3, -0.25) is 0 Å². The van der Waals surface area contributed by atoms with Crippen LogP contribution >= 0.6 is 0 Å². The maximum Gasteiger partial charge on any atom is 0.0439 e. The maximum absolute atomic E-state index is 3.91. The van der Waals surface area contributed by atoms with Crippen LogP contribution < -0.4 is 0 Å². The first-order valence-corrected chi connectivity index (χ1v) is 5.56. The molecule has 0 aliphatic heterocycles. The summed E-state index contributed by atoms with van der Waals surface area (Å²) in [6.07, 6.45) is 0. The monoisotopic (exact) mass is 151 g/mol. The minimum absolute atomic E-state index is 0. The maximum atomic E-state index is 3.91. The molecule has 0 heterocycles. The van der Waals surface area contributed by atoms with Gasteiger partial charge in [0.2, 0.25) is 0 Å². The van der Waals surface area contributed by atoms with Gasteiger partial charge in [-0.25, -0.2) is 0 Å². The normalized spacial score (nSPS) is 10.0. The van der Waals surface area contributed by atoms with E-state index in [2.05, 4.69) is 26.2 Å². The summed E-state index contributed by atoms with van der Waals surface area (Å²) in [6.45, 7) is 10.6. The number of hydrogen-bond donors (Lipinski definition) is 0. The fraction of sp³-hybridized carbons (Fsp3) is 0.750. The number of hydrogen-bond acceptors (Lipinski definition) is 0. The van der Waals surface area contributed by atoms with E-state index in [9.17, 15) is 0 Å². The van der Waals surface area contributed by atoms with Crippen molar-refractivity contribution in [3.63, 3.8) is 0 Å². The van der Waals surface area contributed by atoms with E-state index in [1.165, 1.54) is 0 Å². The predicted octanol–water partition coefficient (Wildman–Crippen LogP) is 1.70. The van der Waals surface area contributed by atoms with Crippen LogP contribution in [0.2, 0.25) is 19.6 Å². The second-order valence-corrected chi connectivity index (χ2v) is 7.68. The van der Waals surface area contributed by atoms with Gasteiger partial charge in [0.05, 0.1) is 0 Å². The van der Waals surface area contributed by atoms with Crippen molar-refractivity contribution in [2.24, 2.45) is 0 Å². The molecule has 1 radical (unpaired) electrons. The molecule has 0 saturated carbocycles. The molecule has 0 aliphatic carbocycles. The average Bonchev–Trinajstić information content (AvgIpc) is 0.722. The van der Waals surface area contributed by atoms with Crippen molar-refractivity contribution >= 4 is 8.07 Å². The molecule has 0 aliphatic rings. The molecule has 0 spiro atoms. The fourth-order valence-corrected chi connectivity index (χ4v) is 0. The van der Waals surface area contributed by atoms with Crippen molar-refractivity contribution in [2.75, 3.05) is 0 Å². The van der Waals surface area contributed by atoms with Crippen LogP contribution in [0.4, 0.5) is 0 Å². The summed E-state index contributed by atoms with van der Waals surface area (Å²) in [6, 6.07) is 0. The Kier molecular flexibility index (Phi) is 4.85. The summed E-state index contributed by atoms with van der Waals surface area (Å²) >= 11 is 0. The first-order valence-electron chi connectivity index (χ1n) is 1.85. The van der Waals surface area contributed by atoms with Gasteiger partial charge >= 0.3 is 0 Å². The van der Waals surface area contributed by atoms with Gasteiger partial charge < -0.3 is 0 Å². The standard InChI is InChI=1S/C4H11Si.Zn/c1-5(2,3)4;/h1H2,2-4H3;. The van der Waals surface area contributed by atoms with Crippen LogP contribution in [0.3, 0.4) is 0 Å². The Hall–Kier alpha value is 0.840. The molecule has 6 heavy (non-hydrogen) atoms. The fourth-order valence-electron chi connectivity index (χ4n) is 0. The van der Waals surface area contributed by atoms with Crippen molar-refractivity contribution in [2.45, 2.75) is 19.6 Å². The van der Waals surface area contributed by atoms with E-state index in [-0.39, 0.29) is 19.5 Å². The first kappa shape index (κ1) is 9.96. The average molecular weight is 153 g/mol. The number of rotatable bonds is 0. The molecule has 0 aromatic heterocycles. The van der Waals surface area contributed by atoms with Gasteiger partial charge in [0, 0.05) is 27.6 Å². The Morgan fingerprint density at radius 1 is 1.17 bits per heavy atom. The Balaban J connectivity index is 0. The summed E-state index contributed by atoms with van der Waals surface area (Å²) < 4.78 is 0.